The van der Waals surface area contributed by atoms with Gasteiger partial charge < -0.3 is 15.4 Å². The molecule has 0 aliphatic rings. The average Bonchev–Trinajstić information content (AvgIpc) is 2.87. The zero-order chi connectivity index (χ0) is 16.8. The zero-order valence-electron chi connectivity index (χ0n) is 12.8. The second kappa shape index (κ2) is 7.87. The van der Waals surface area contributed by atoms with Crippen molar-refractivity contribution in [3.8, 4) is 5.75 Å². The van der Waals surface area contributed by atoms with Crippen molar-refractivity contribution in [3.05, 3.63) is 41.7 Å². The van der Waals surface area contributed by atoms with Crippen LogP contribution in [0.1, 0.15) is 18.2 Å². The van der Waals surface area contributed by atoms with Gasteiger partial charge in [0.25, 0.3) is 0 Å². The molecule has 2 aromatic rings. The first-order chi connectivity index (χ1) is 11.0. The largest absolute Gasteiger partial charge is 0.433 e. The van der Waals surface area contributed by atoms with Crippen molar-refractivity contribution in [1.82, 2.24) is 15.1 Å². The molecule has 0 saturated heterocycles. The minimum Gasteiger partial charge on any atom is -0.433 e. The molecule has 0 fully saturated rings. The number of nitrogens with zero attached hydrogens (tertiary/aromatic N) is 2. The fourth-order valence-corrected chi connectivity index (χ4v) is 2.27. The molecule has 2 N–H and O–H groups in total. The van der Waals surface area contributed by atoms with E-state index in [-0.39, 0.29) is 5.75 Å². The predicted octanol–water partition coefficient (Wildman–Crippen LogP) is 3.30. The van der Waals surface area contributed by atoms with Gasteiger partial charge in [-0.2, -0.15) is 13.9 Å². The second-order valence-corrected chi connectivity index (χ2v) is 5.16. The molecule has 1 aromatic carbocycles. The van der Waals surface area contributed by atoms with Crippen LogP contribution in [-0.4, -0.2) is 21.5 Å². The van der Waals surface area contributed by atoms with Crippen LogP contribution in [0.25, 0.3) is 0 Å². The number of thiocarbonyl (C=S) groups is 1. The molecule has 0 saturated carbocycles. The summed E-state index contributed by atoms with van der Waals surface area (Å²) in [5.41, 5.74) is 2.46. The Balaban J connectivity index is 1.96. The molecule has 124 valence electrons. The molecule has 0 unspecified atom stereocenters. The molecule has 0 atom stereocenters. The smallest absolute Gasteiger partial charge is 0.387 e. The summed E-state index contributed by atoms with van der Waals surface area (Å²) in [6.45, 7) is 2.41. The maximum Gasteiger partial charge on any atom is 0.387 e. The highest BCUT2D eigenvalue weighted by Crippen LogP contribution is 2.25. The zero-order valence-corrected chi connectivity index (χ0v) is 13.7. The molecule has 0 aliphatic carbocycles. The normalized spacial score (nSPS) is 10.7. The summed E-state index contributed by atoms with van der Waals surface area (Å²) in [6.07, 6.45) is 1.78. The third-order valence-corrected chi connectivity index (χ3v) is 3.54. The number of aryl methyl sites for hydroxylation is 1. The van der Waals surface area contributed by atoms with Gasteiger partial charge in [0.2, 0.25) is 0 Å². The lowest BCUT2D eigenvalue weighted by molar-refractivity contribution is -0.0493. The number of alkyl halides is 2. The lowest BCUT2D eigenvalue weighted by Crippen LogP contribution is -2.28. The van der Waals surface area contributed by atoms with Crippen molar-refractivity contribution in [2.24, 2.45) is 0 Å². The summed E-state index contributed by atoms with van der Waals surface area (Å²) >= 11 is 5.19. The fourth-order valence-electron chi connectivity index (χ4n) is 2.09. The minimum atomic E-state index is -2.89. The molecule has 5 nitrogen and oxygen atoms in total. The van der Waals surface area contributed by atoms with Crippen LogP contribution in [0.2, 0.25) is 0 Å². The fraction of sp³-hybridized carbons (Fsp3) is 0.333. The van der Waals surface area contributed by atoms with E-state index < -0.39 is 6.61 Å². The summed E-state index contributed by atoms with van der Waals surface area (Å²) in [4.78, 5) is 0. The molecule has 23 heavy (non-hydrogen) atoms. The molecular formula is C15H18F2N4OS. The Hall–Kier alpha value is -2.22. The van der Waals surface area contributed by atoms with E-state index in [1.165, 1.54) is 6.07 Å². The van der Waals surface area contributed by atoms with Crippen molar-refractivity contribution in [1.29, 1.82) is 0 Å². The number of benzene rings is 1. The van der Waals surface area contributed by atoms with Gasteiger partial charge >= 0.3 is 6.61 Å². The summed E-state index contributed by atoms with van der Waals surface area (Å²) < 4.78 is 31.1. The molecule has 0 radical (unpaired) electrons. The van der Waals surface area contributed by atoms with Gasteiger partial charge in [0.15, 0.2) is 5.11 Å². The first kappa shape index (κ1) is 17.1. The molecule has 0 bridgehead atoms. The van der Waals surface area contributed by atoms with Crippen molar-refractivity contribution in [2.75, 3.05) is 5.32 Å². The number of hydrogen-bond donors (Lipinski definition) is 2. The van der Waals surface area contributed by atoms with Crippen molar-refractivity contribution in [2.45, 2.75) is 33.5 Å². The van der Waals surface area contributed by atoms with Crippen molar-refractivity contribution < 1.29 is 13.5 Å². The highest BCUT2D eigenvalue weighted by atomic mass is 32.1. The van der Waals surface area contributed by atoms with Crippen LogP contribution in [0, 0.1) is 6.92 Å². The summed E-state index contributed by atoms with van der Waals surface area (Å²) in [7, 11) is 0. The SMILES string of the molecule is CCn1ncc(CNC(=S)Nc2ccccc2OC(F)F)c1C. The number of hydrogen-bond acceptors (Lipinski definition) is 3. The molecule has 1 heterocycles. The quantitative estimate of drug-likeness (QED) is 0.790. The van der Waals surface area contributed by atoms with E-state index in [0.29, 0.717) is 17.3 Å². The van der Waals surface area contributed by atoms with Gasteiger partial charge in [-0.25, -0.2) is 0 Å². The Morgan fingerprint density at radius 1 is 1.39 bits per heavy atom. The predicted molar refractivity (Wildman–Crippen MR) is 88.8 cm³/mol. The van der Waals surface area contributed by atoms with Gasteiger partial charge in [0.1, 0.15) is 5.75 Å². The third-order valence-electron chi connectivity index (χ3n) is 3.30. The highest BCUT2D eigenvalue weighted by molar-refractivity contribution is 7.80. The van der Waals surface area contributed by atoms with Gasteiger partial charge in [-0.15, -0.1) is 0 Å². The van der Waals surface area contributed by atoms with Crippen LogP contribution in [0.5, 0.6) is 5.75 Å². The van der Waals surface area contributed by atoms with Gasteiger partial charge in [0.05, 0.1) is 11.9 Å². The molecule has 0 amide bonds. The number of halogens is 2. The lowest BCUT2D eigenvalue weighted by atomic mass is 10.2. The van der Waals surface area contributed by atoms with E-state index in [9.17, 15) is 8.78 Å². The Kier molecular flexibility index (Phi) is 5.86. The molecule has 8 heteroatoms. The Bertz CT molecular complexity index is 675. The minimum absolute atomic E-state index is 0.0432. The summed E-state index contributed by atoms with van der Waals surface area (Å²) in [6, 6.07) is 6.39. The van der Waals surface area contributed by atoms with Crippen LogP contribution in [0.4, 0.5) is 14.5 Å². The Morgan fingerprint density at radius 2 is 2.13 bits per heavy atom. The van der Waals surface area contributed by atoms with E-state index in [2.05, 4.69) is 20.5 Å². The van der Waals surface area contributed by atoms with Crippen LogP contribution in [0.3, 0.4) is 0 Å². The van der Waals surface area contributed by atoms with Gasteiger partial charge in [-0.3, -0.25) is 4.68 Å². The van der Waals surface area contributed by atoms with E-state index in [4.69, 9.17) is 12.2 Å². The summed E-state index contributed by atoms with van der Waals surface area (Å²) in [5, 5.41) is 10.5. The number of para-hydroxylation sites is 2. The molecular weight excluding hydrogens is 322 g/mol. The van der Waals surface area contributed by atoms with E-state index in [0.717, 1.165) is 17.8 Å². The maximum absolute atomic E-state index is 12.4. The van der Waals surface area contributed by atoms with Crippen LogP contribution < -0.4 is 15.4 Å². The molecule has 1 aromatic heterocycles. The van der Waals surface area contributed by atoms with E-state index >= 15 is 0 Å². The van der Waals surface area contributed by atoms with Crippen LogP contribution in [0.15, 0.2) is 30.5 Å². The molecule has 0 spiro atoms. The van der Waals surface area contributed by atoms with Crippen molar-refractivity contribution >= 4 is 23.0 Å². The molecule has 0 aliphatic heterocycles. The number of nitrogens with one attached hydrogen (secondary N) is 2. The number of anilines is 1. The third kappa shape index (κ3) is 4.62. The number of rotatable bonds is 6. The summed E-state index contributed by atoms with van der Waals surface area (Å²) in [5.74, 6) is 0.0432. The van der Waals surface area contributed by atoms with E-state index in [1.54, 1.807) is 24.4 Å². The number of ether oxygens (including phenoxy) is 1. The number of aromatic nitrogens is 2. The van der Waals surface area contributed by atoms with Gasteiger partial charge in [-0.05, 0) is 38.2 Å². The Morgan fingerprint density at radius 3 is 2.78 bits per heavy atom. The monoisotopic (exact) mass is 340 g/mol. The topological polar surface area (TPSA) is 51.1 Å². The van der Waals surface area contributed by atoms with Crippen LogP contribution in [-0.2, 0) is 13.1 Å². The lowest BCUT2D eigenvalue weighted by Gasteiger charge is -2.14. The van der Waals surface area contributed by atoms with Crippen LogP contribution >= 0.6 is 12.2 Å². The van der Waals surface area contributed by atoms with Gasteiger partial charge in [0, 0.05) is 24.3 Å². The van der Waals surface area contributed by atoms with E-state index in [1.807, 2.05) is 18.5 Å². The Labute approximate surface area is 138 Å². The average molecular weight is 340 g/mol. The maximum atomic E-state index is 12.4. The second-order valence-electron chi connectivity index (χ2n) is 4.75. The first-order valence-electron chi connectivity index (χ1n) is 7.11. The molecule has 2 rings (SSSR count). The van der Waals surface area contributed by atoms with Crippen molar-refractivity contribution in [3.63, 3.8) is 0 Å². The standard InChI is InChI=1S/C15H18F2N4OS/c1-3-21-10(2)11(9-19-21)8-18-15(23)20-12-6-4-5-7-13(12)22-14(16)17/h4-7,9,14H,3,8H2,1-2H3,(H2,18,20,23). The first-order valence-corrected chi connectivity index (χ1v) is 7.52. The highest BCUT2D eigenvalue weighted by Gasteiger charge is 2.10. The van der Waals surface area contributed by atoms with Gasteiger partial charge in [-0.1, -0.05) is 12.1 Å².